The van der Waals surface area contributed by atoms with Crippen LogP contribution in [0.15, 0.2) is 12.4 Å². The Hall–Kier alpha value is -1.04. The van der Waals surface area contributed by atoms with Crippen LogP contribution in [0.3, 0.4) is 0 Å². The topological polar surface area (TPSA) is 29.9 Å². The number of nitrogens with zero attached hydrogens (tertiary/aromatic N) is 2. The van der Waals surface area contributed by atoms with Crippen LogP contribution in [-0.2, 0) is 7.05 Å². The molecule has 1 atom stereocenters. The zero-order valence-electron chi connectivity index (χ0n) is 7.26. The number of alkyl halides is 3. The number of nitrogens with one attached hydrogen (secondary N) is 1. The zero-order valence-corrected chi connectivity index (χ0v) is 7.26. The Bertz CT molecular complexity index is 279. The molecular formula is C7H10F3N3. The lowest BCUT2D eigenvalue weighted by molar-refractivity contribution is -0.158. The Labute approximate surface area is 73.6 Å². The molecular weight excluding hydrogens is 183 g/mol. The summed E-state index contributed by atoms with van der Waals surface area (Å²) in [5.41, 5.74) is 0. The third-order valence-corrected chi connectivity index (χ3v) is 1.73. The van der Waals surface area contributed by atoms with Crippen LogP contribution >= 0.6 is 0 Å². The molecule has 13 heavy (non-hydrogen) atoms. The Balaban J connectivity index is 2.98. The number of aromatic nitrogens is 2. The van der Waals surface area contributed by atoms with Gasteiger partial charge in [-0.05, 0) is 7.05 Å². The smallest absolute Gasteiger partial charge is 0.336 e. The predicted molar refractivity (Wildman–Crippen MR) is 41.1 cm³/mol. The zero-order chi connectivity index (χ0) is 10.1. The summed E-state index contributed by atoms with van der Waals surface area (Å²) in [6.07, 6.45) is -1.50. The predicted octanol–water partition coefficient (Wildman–Crippen LogP) is 1.24. The minimum atomic E-state index is -4.31. The van der Waals surface area contributed by atoms with Gasteiger partial charge in [-0.3, -0.25) is 0 Å². The molecule has 6 heteroatoms. The highest BCUT2D eigenvalue weighted by Gasteiger charge is 2.41. The number of hydrogen-bond donors (Lipinski definition) is 1. The number of hydrogen-bond acceptors (Lipinski definition) is 2. The van der Waals surface area contributed by atoms with Gasteiger partial charge in [-0.15, -0.1) is 0 Å². The Morgan fingerprint density at radius 2 is 2.15 bits per heavy atom. The second-order valence-corrected chi connectivity index (χ2v) is 2.66. The van der Waals surface area contributed by atoms with Crippen molar-refractivity contribution >= 4 is 0 Å². The lowest BCUT2D eigenvalue weighted by Crippen LogP contribution is -2.33. The number of halogens is 3. The van der Waals surface area contributed by atoms with Crippen molar-refractivity contribution in [3.63, 3.8) is 0 Å². The lowest BCUT2D eigenvalue weighted by Gasteiger charge is -2.18. The van der Waals surface area contributed by atoms with Crippen LogP contribution in [0.1, 0.15) is 11.9 Å². The van der Waals surface area contributed by atoms with Crippen LogP contribution in [0, 0.1) is 0 Å². The molecule has 0 aliphatic rings. The van der Waals surface area contributed by atoms with E-state index in [4.69, 9.17) is 0 Å². The highest BCUT2D eigenvalue weighted by Crippen LogP contribution is 2.30. The van der Waals surface area contributed by atoms with Crippen molar-refractivity contribution < 1.29 is 13.2 Å². The third-order valence-electron chi connectivity index (χ3n) is 1.73. The molecule has 0 bridgehead atoms. The quantitative estimate of drug-likeness (QED) is 0.765. The SMILES string of the molecule is CNC(c1nccn1C)C(F)(F)F. The molecule has 0 fully saturated rings. The molecule has 1 rings (SSSR count). The largest absolute Gasteiger partial charge is 0.410 e. The van der Waals surface area contributed by atoms with Crippen molar-refractivity contribution in [3.05, 3.63) is 18.2 Å². The summed E-state index contributed by atoms with van der Waals surface area (Å²) in [6, 6.07) is -1.70. The van der Waals surface area contributed by atoms with Gasteiger partial charge in [-0.25, -0.2) is 4.98 Å². The number of rotatable bonds is 2. The molecule has 0 radical (unpaired) electrons. The first kappa shape index (κ1) is 10.0. The van der Waals surface area contributed by atoms with Gasteiger partial charge in [0.25, 0.3) is 0 Å². The molecule has 0 aliphatic heterocycles. The van der Waals surface area contributed by atoms with Crippen molar-refractivity contribution in [3.8, 4) is 0 Å². The average molecular weight is 193 g/mol. The van der Waals surface area contributed by atoms with E-state index in [-0.39, 0.29) is 5.82 Å². The molecule has 3 nitrogen and oxygen atoms in total. The van der Waals surface area contributed by atoms with Gasteiger partial charge in [0.15, 0.2) is 6.04 Å². The second kappa shape index (κ2) is 3.37. The summed E-state index contributed by atoms with van der Waals surface area (Å²) in [6.45, 7) is 0. The Morgan fingerprint density at radius 1 is 1.54 bits per heavy atom. The van der Waals surface area contributed by atoms with Crippen LogP contribution in [-0.4, -0.2) is 22.8 Å². The summed E-state index contributed by atoms with van der Waals surface area (Å²) in [5, 5.41) is 2.18. The molecule has 1 unspecified atom stereocenters. The van der Waals surface area contributed by atoms with Gasteiger partial charge in [-0.1, -0.05) is 0 Å². The van der Waals surface area contributed by atoms with E-state index in [0.717, 1.165) is 0 Å². The Morgan fingerprint density at radius 3 is 2.46 bits per heavy atom. The number of aryl methyl sites for hydroxylation is 1. The maximum absolute atomic E-state index is 12.3. The minimum Gasteiger partial charge on any atom is -0.336 e. The highest BCUT2D eigenvalue weighted by molar-refractivity contribution is 5.01. The van der Waals surface area contributed by atoms with E-state index < -0.39 is 12.2 Å². The molecule has 0 saturated heterocycles. The Kier molecular flexibility index (Phi) is 2.60. The second-order valence-electron chi connectivity index (χ2n) is 2.66. The fourth-order valence-electron chi connectivity index (χ4n) is 1.09. The van der Waals surface area contributed by atoms with E-state index in [1.807, 2.05) is 0 Å². The molecule has 74 valence electrons. The third kappa shape index (κ3) is 2.00. The minimum absolute atomic E-state index is 0.0324. The summed E-state index contributed by atoms with van der Waals surface area (Å²) in [4.78, 5) is 3.63. The van der Waals surface area contributed by atoms with E-state index in [1.54, 1.807) is 0 Å². The first-order valence-electron chi connectivity index (χ1n) is 3.68. The van der Waals surface area contributed by atoms with Crippen molar-refractivity contribution in [1.82, 2.24) is 14.9 Å². The number of imidazole rings is 1. The molecule has 0 spiro atoms. The van der Waals surface area contributed by atoms with E-state index >= 15 is 0 Å². The first-order valence-corrected chi connectivity index (χ1v) is 3.68. The molecule has 1 heterocycles. The van der Waals surface area contributed by atoms with Gasteiger partial charge in [0, 0.05) is 19.4 Å². The fourth-order valence-corrected chi connectivity index (χ4v) is 1.09. The van der Waals surface area contributed by atoms with Gasteiger partial charge in [0.2, 0.25) is 0 Å². The van der Waals surface area contributed by atoms with E-state index in [2.05, 4.69) is 10.3 Å². The molecule has 1 aromatic rings. The fraction of sp³-hybridized carbons (Fsp3) is 0.571. The monoisotopic (exact) mass is 193 g/mol. The normalized spacial score (nSPS) is 14.5. The molecule has 0 saturated carbocycles. The van der Waals surface area contributed by atoms with E-state index in [1.165, 1.54) is 31.1 Å². The van der Waals surface area contributed by atoms with Crippen LogP contribution in [0.2, 0.25) is 0 Å². The maximum atomic E-state index is 12.3. The molecule has 0 aromatic carbocycles. The van der Waals surface area contributed by atoms with Crippen molar-refractivity contribution in [2.75, 3.05) is 7.05 Å². The lowest BCUT2D eigenvalue weighted by atomic mass is 10.2. The van der Waals surface area contributed by atoms with E-state index in [0.29, 0.717) is 0 Å². The van der Waals surface area contributed by atoms with Crippen LogP contribution in [0.5, 0.6) is 0 Å². The van der Waals surface area contributed by atoms with Crippen LogP contribution in [0.4, 0.5) is 13.2 Å². The summed E-state index contributed by atoms with van der Waals surface area (Å²) in [7, 11) is 2.78. The van der Waals surface area contributed by atoms with Crippen molar-refractivity contribution in [1.29, 1.82) is 0 Å². The highest BCUT2D eigenvalue weighted by atomic mass is 19.4. The molecule has 0 amide bonds. The maximum Gasteiger partial charge on any atom is 0.410 e. The first-order chi connectivity index (χ1) is 5.96. The summed E-state index contributed by atoms with van der Waals surface area (Å²) in [5.74, 6) is -0.0324. The standard InChI is InChI=1S/C7H10F3N3/c1-11-5(7(8,9)10)6-12-3-4-13(6)2/h3-5,11H,1-2H3. The molecule has 1 N–H and O–H groups in total. The van der Waals surface area contributed by atoms with Crippen LogP contribution in [0.25, 0.3) is 0 Å². The van der Waals surface area contributed by atoms with Crippen LogP contribution < -0.4 is 5.32 Å². The summed E-state index contributed by atoms with van der Waals surface area (Å²) >= 11 is 0. The van der Waals surface area contributed by atoms with Crippen molar-refractivity contribution in [2.24, 2.45) is 7.05 Å². The molecule has 0 aliphatic carbocycles. The average Bonchev–Trinajstić information content (AvgIpc) is 2.35. The van der Waals surface area contributed by atoms with Crippen molar-refractivity contribution in [2.45, 2.75) is 12.2 Å². The van der Waals surface area contributed by atoms with Gasteiger partial charge in [0.1, 0.15) is 5.82 Å². The van der Waals surface area contributed by atoms with E-state index in [9.17, 15) is 13.2 Å². The van der Waals surface area contributed by atoms with Gasteiger partial charge in [0.05, 0.1) is 0 Å². The molecule has 1 aromatic heterocycles. The van der Waals surface area contributed by atoms with Gasteiger partial charge < -0.3 is 9.88 Å². The van der Waals surface area contributed by atoms with Gasteiger partial charge >= 0.3 is 6.18 Å². The summed E-state index contributed by atoms with van der Waals surface area (Å²) < 4.78 is 38.4. The van der Waals surface area contributed by atoms with Gasteiger partial charge in [-0.2, -0.15) is 13.2 Å².